The molecule has 2 aliphatic rings. The minimum absolute atomic E-state index is 0.216. The van der Waals surface area contributed by atoms with Gasteiger partial charge in [0.05, 0.1) is 22.6 Å². The first kappa shape index (κ1) is 24.3. The Morgan fingerprint density at radius 2 is 1.97 bits per heavy atom. The van der Waals surface area contributed by atoms with Crippen LogP contribution in [-0.4, -0.2) is 53.9 Å². The first-order valence-corrected chi connectivity index (χ1v) is 13.3. The van der Waals surface area contributed by atoms with Gasteiger partial charge in [-0.2, -0.15) is 0 Å². The molecule has 0 radical (unpaired) electrons. The predicted molar refractivity (Wildman–Crippen MR) is 150 cm³/mol. The molecular formula is C29H33N5OS. The zero-order valence-electron chi connectivity index (χ0n) is 21.0. The van der Waals surface area contributed by atoms with Crippen LogP contribution in [0.4, 0.5) is 11.4 Å². The summed E-state index contributed by atoms with van der Waals surface area (Å²) in [6, 6.07) is 11.7. The third kappa shape index (κ3) is 5.08. The smallest absolute Gasteiger partial charge is 0.257 e. The number of nitrogen functional groups attached to an aromatic ring is 1. The van der Waals surface area contributed by atoms with Crippen molar-refractivity contribution in [2.24, 2.45) is 5.92 Å². The lowest BCUT2D eigenvalue weighted by atomic mass is 9.98. The molecule has 0 atom stereocenters. The van der Waals surface area contributed by atoms with E-state index in [2.05, 4.69) is 34.8 Å². The van der Waals surface area contributed by atoms with Gasteiger partial charge in [-0.15, -0.1) is 11.3 Å². The maximum Gasteiger partial charge on any atom is 0.257 e. The molecule has 1 aliphatic heterocycles. The summed E-state index contributed by atoms with van der Waals surface area (Å²) in [5, 5.41) is 5.02. The topological polar surface area (TPSA) is 74.5 Å². The Bertz CT molecular complexity index is 1300. The largest absolute Gasteiger partial charge is 0.397 e. The van der Waals surface area contributed by atoms with Gasteiger partial charge in [0.15, 0.2) is 0 Å². The number of anilines is 2. The second kappa shape index (κ2) is 10.3. The summed E-state index contributed by atoms with van der Waals surface area (Å²) in [5.74, 6) is 0.287. The molecule has 1 amide bonds. The van der Waals surface area contributed by atoms with E-state index in [0.717, 1.165) is 47.9 Å². The van der Waals surface area contributed by atoms with E-state index < -0.39 is 0 Å². The van der Waals surface area contributed by atoms with E-state index in [0.29, 0.717) is 22.9 Å². The number of pyridine rings is 1. The van der Waals surface area contributed by atoms with E-state index in [1.165, 1.54) is 24.1 Å². The number of thiophene rings is 1. The van der Waals surface area contributed by atoms with Gasteiger partial charge in [0.25, 0.3) is 5.91 Å². The fourth-order valence-corrected chi connectivity index (χ4v) is 5.51. The van der Waals surface area contributed by atoms with Gasteiger partial charge in [0, 0.05) is 48.5 Å². The summed E-state index contributed by atoms with van der Waals surface area (Å²) >= 11 is 1.65. The molecule has 3 heterocycles. The third-order valence-corrected chi connectivity index (χ3v) is 7.92. The molecule has 1 aromatic carbocycles. The second-order valence-electron chi connectivity index (χ2n) is 9.69. The summed E-state index contributed by atoms with van der Waals surface area (Å²) in [6.45, 7) is 10.2. The number of aryl methyl sites for hydroxylation is 1. The van der Waals surface area contributed by atoms with Crippen molar-refractivity contribution in [2.75, 3.05) is 44.3 Å². The number of carbonyl (C=O) groups is 1. The Morgan fingerprint density at radius 1 is 1.19 bits per heavy atom. The zero-order chi connectivity index (χ0) is 25.2. The first-order valence-electron chi connectivity index (χ1n) is 12.5. The van der Waals surface area contributed by atoms with Crippen molar-refractivity contribution in [2.45, 2.75) is 19.8 Å². The average molecular weight is 500 g/mol. The molecule has 3 aromatic rings. The maximum absolute atomic E-state index is 13.2. The van der Waals surface area contributed by atoms with Gasteiger partial charge in [-0.3, -0.25) is 9.78 Å². The van der Waals surface area contributed by atoms with Crippen LogP contribution in [0.2, 0.25) is 0 Å². The summed E-state index contributed by atoms with van der Waals surface area (Å²) in [4.78, 5) is 23.9. The van der Waals surface area contributed by atoms with Crippen molar-refractivity contribution in [3.05, 3.63) is 83.1 Å². The van der Waals surface area contributed by atoms with Gasteiger partial charge < -0.3 is 20.9 Å². The minimum Gasteiger partial charge on any atom is -0.397 e. The standard InChI is InChI=1S/C29H33N5OS/c1-4-25(34-13-11-33(3)12-14-34)27(20-7-8-20)28-19(2)16-22(18-31-28)29(35)32-24-17-21(9-10-23(24)30)26-6-5-15-36-26/h4-6,9-10,15-18,20H,1,7-8,11-14,30H2,2-3H3,(H,32,35)/b27-25+. The molecule has 2 fully saturated rings. The van der Waals surface area contributed by atoms with Crippen LogP contribution >= 0.6 is 11.3 Å². The van der Waals surface area contributed by atoms with Gasteiger partial charge in [0.1, 0.15) is 0 Å². The van der Waals surface area contributed by atoms with Crippen LogP contribution in [0.15, 0.2) is 66.3 Å². The Morgan fingerprint density at radius 3 is 2.61 bits per heavy atom. The minimum atomic E-state index is -0.216. The molecule has 2 aromatic heterocycles. The Labute approximate surface area is 217 Å². The van der Waals surface area contributed by atoms with Gasteiger partial charge >= 0.3 is 0 Å². The quantitative estimate of drug-likeness (QED) is 0.331. The average Bonchev–Trinajstić information content (AvgIpc) is 3.56. The van der Waals surface area contributed by atoms with Crippen LogP contribution in [0.1, 0.15) is 34.5 Å². The summed E-state index contributed by atoms with van der Waals surface area (Å²) in [5.41, 5.74) is 13.3. The van der Waals surface area contributed by atoms with Crippen molar-refractivity contribution in [1.82, 2.24) is 14.8 Å². The number of aromatic nitrogens is 1. The van der Waals surface area contributed by atoms with Gasteiger partial charge in [0.2, 0.25) is 0 Å². The number of likely N-dealkylation sites (N-methyl/N-ethyl adjacent to an activating group) is 1. The molecule has 1 aliphatic carbocycles. The van der Waals surface area contributed by atoms with E-state index in [4.69, 9.17) is 10.7 Å². The second-order valence-corrected chi connectivity index (χ2v) is 10.6. The molecule has 1 saturated carbocycles. The van der Waals surface area contributed by atoms with Crippen LogP contribution in [0.5, 0.6) is 0 Å². The molecule has 186 valence electrons. The number of benzene rings is 1. The number of carbonyl (C=O) groups excluding carboxylic acids is 1. The SMILES string of the molecule is C=C/C(=C(\c1ncc(C(=O)Nc2cc(-c3cccs3)ccc2N)cc1C)C1CC1)N1CCN(C)CC1. The molecule has 7 heteroatoms. The van der Waals surface area contributed by atoms with Crippen LogP contribution in [-0.2, 0) is 0 Å². The van der Waals surface area contributed by atoms with Crippen molar-refractivity contribution < 1.29 is 4.79 Å². The molecule has 0 bridgehead atoms. The van der Waals surface area contributed by atoms with E-state index in [1.807, 2.05) is 48.7 Å². The molecule has 1 saturated heterocycles. The predicted octanol–water partition coefficient (Wildman–Crippen LogP) is 5.51. The molecule has 36 heavy (non-hydrogen) atoms. The zero-order valence-corrected chi connectivity index (χ0v) is 21.8. The lowest BCUT2D eigenvalue weighted by Crippen LogP contribution is -2.43. The monoisotopic (exact) mass is 499 g/mol. The van der Waals surface area contributed by atoms with Crippen molar-refractivity contribution >= 4 is 34.2 Å². The molecule has 6 nitrogen and oxygen atoms in total. The third-order valence-electron chi connectivity index (χ3n) is 7.00. The molecule has 3 N–H and O–H groups in total. The molecule has 0 spiro atoms. The van der Waals surface area contributed by atoms with Crippen LogP contribution < -0.4 is 11.1 Å². The Hall–Kier alpha value is -3.42. The summed E-state index contributed by atoms with van der Waals surface area (Å²) < 4.78 is 0. The highest BCUT2D eigenvalue weighted by Crippen LogP contribution is 2.45. The van der Waals surface area contributed by atoms with Crippen molar-refractivity contribution in [1.29, 1.82) is 0 Å². The molecular weight excluding hydrogens is 466 g/mol. The van der Waals surface area contributed by atoms with Crippen molar-refractivity contribution in [3.63, 3.8) is 0 Å². The van der Waals surface area contributed by atoms with Crippen molar-refractivity contribution in [3.8, 4) is 10.4 Å². The molecule has 5 rings (SSSR count). The van der Waals surface area contributed by atoms with Gasteiger partial charge in [-0.05, 0) is 79.6 Å². The summed E-state index contributed by atoms with van der Waals surface area (Å²) in [7, 11) is 2.16. The number of allylic oxidation sites excluding steroid dienone is 2. The summed E-state index contributed by atoms with van der Waals surface area (Å²) in [6.07, 6.45) is 6.02. The number of piperazine rings is 1. The normalized spacial score (nSPS) is 17.0. The van der Waals surface area contributed by atoms with Crippen LogP contribution in [0, 0.1) is 12.8 Å². The first-order chi connectivity index (χ1) is 17.4. The number of nitrogens with two attached hydrogens (primary N) is 1. The highest BCUT2D eigenvalue weighted by Gasteiger charge is 2.33. The van der Waals surface area contributed by atoms with E-state index in [1.54, 1.807) is 17.5 Å². The number of hydrogen-bond acceptors (Lipinski definition) is 6. The van der Waals surface area contributed by atoms with E-state index >= 15 is 0 Å². The number of hydrogen-bond donors (Lipinski definition) is 2. The fourth-order valence-electron chi connectivity index (χ4n) is 4.79. The van der Waals surface area contributed by atoms with Crippen LogP contribution in [0.25, 0.3) is 16.0 Å². The highest BCUT2D eigenvalue weighted by molar-refractivity contribution is 7.13. The lowest BCUT2D eigenvalue weighted by Gasteiger charge is -2.36. The number of nitrogens with zero attached hydrogens (tertiary/aromatic N) is 3. The Kier molecular flexibility index (Phi) is 6.94. The number of nitrogens with one attached hydrogen (secondary N) is 1. The van der Waals surface area contributed by atoms with Crippen LogP contribution in [0.3, 0.4) is 0 Å². The van der Waals surface area contributed by atoms with Gasteiger partial charge in [-0.25, -0.2) is 0 Å². The maximum atomic E-state index is 13.2. The van der Waals surface area contributed by atoms with E-state index in [-0.39, 0.29) is 5.91 Å². The Balaban J connectivity index is 1.41. The molecule has 0 unspecified atom stereocenters. The number of amides is 1. The lowest BCUT2D eigenvalue weighted by molar-refractivity contribution is 0.102. The van der Waals surface area contributed by atoms with Gasteiger partial charge in [-0.1, -0.05) is 18.7 Å². The van der Waals surface area contributed by atoms with E-state index in [9.17, 15) is 4.79 Å². The highest BCUT2D eigenvalue weighted by atomic mass is 32.1. The number of rotatable bonds is 7. The fraction of sp³-hybridized carbons (Fsp3) is 0.310.